The quantitative estimate of drug-likeness (QED) is 0.659. The maximum atomic E-state index is 13.3. The zero-order chi connectivity index (χ0) is 21.6. The zero-order valence-electron chi connectivity index (χ0n) is 16.3. The number of fused-ring (bicyclic) bond motifs is 1. The fraction of sp³-hybridized carbons (Fsp3) is 0.286. The van der Waals surface area contributed by atoms with Gasteiger partial charge in [-0.25, -0.2) is 4.79 Å². The first-order valence-corrected chi connectivity index (χ1v) is 9.32. The van der Waals surface area contributed by atoms with Crippen LogP contribution in [0.25, 0.3) is 16.6 Å². The zero-order valence-corrected chi connectivity index (χ0v) is 16.3. The molecular formula is C21H19F3N4O2. The molecule has 1 amide bonds. The highest BCUT2D eigenvalue weighted by Gasteiger charge is 2.36. The highest BCUT2D eigenvalue weighted by Crippen LogP contribution is 2.35. The monoisotopic (exact) mass is 416 g/mol. The van der Waals surface area contributed by atoms with Gasteiger partial charge in [-0.05, 0) is 30.3 Å². The Morgan fingerprint density at radius 2 is 1.77 bits per heavy atom. The summed E-state index contributed by atoms with van der Waals surface area (Å²) in [5, 5.41) is 0.419. The number of hydrogen-bond acceptors (Lipinski definition) is 4. The van der Waals surface area contributed by atoms with E-state index in [-0.39, 0.29) is 17.3 Å². The van der Waals surface area contributed by atoms with Crippen molar-refractivity contribution < 1.29 is 18.0 Å². The number of alkyl halides is 3. The Morgan fingerprint density at radius 1 is 1.10 bits per heavy atom. The SMILES string of the molecule is CN(C)C(=O)C1CN(c2nc(=O)n(-c3ccccc3)c3cc(C(F)(F)F)ccc23)C1. The van der Waals surface area contributed by atoms with E-state index >= 15 is 0 Å². The van der Waals surface area contributed by atoms with E-state index in [9.17, 15) is 22.8 Å². The highest BCUT2D eigenvalue weighted by atomic mass is 19.4. The lowest BCUT2D eigenvalue weighted by Gasteiger charge is -2.40. The molecule has 0 bridgehead atoms. The largest absolute Gasteiger partial charge is 0.416 e. The Bertz CT molecular complexity index is 1170. The van der Waals surface area contributed by atoms with Crippen molar-refractivity contribution in [3.05, 3.63) is 64.6 Å². The fourth-order valence-corrected chi connectivity index (χ4v) is 3.63. The van der Waals surface area contributed by atoms with Crippen molar-refractivity contribution in [3.8, 4) is 5.69 Å². The van der Waals surface area contributed by atoms with Crippen LogP contribution in [-0.4, -0.2) is 47.5 Å². The number of carbonyl (C=O) groups excluding carboxylic acids is 1. The van der Waals surface area contributed by atoms with Gasteiger partial charge in [0.2, 0.25) is 5.91 Å². The van der Waals surface area contributed by atoms with Gasteiger partial charge in [0.25, 0.3) is 0 Å². The molecule has 0 unspecified atom stereocenters. The van der Waals surface area contributed by atoms with Gasteiger partial charge in [-0.1, -0.05) is 18.2 Å². The molecule has 1 aromatic heterocycles. The standard InChI is InChI=1S/C21H19F3N4O2/c1-26(2)19(29)13-11-27(12-13)18-16-9-8-14(21(22,23)24)10-17(16)28(20(30)25-18)15-6-4-3-5-7-15/h3-10,13H,11-12H2,1-2H3. The molecule has 2 heterocycles. The van der Waals surface area contributed by atoms with Crippen LogP contribution in [0.4, 0.5) is 19.0 Å². The minimum absolute atomic E-state index is 0.0347. The van der Waals surface area contributed by atoms with Crippen LogP contribution in [0.15, 0.2) is 53.3 Å². The Balaban J connectivity index is 1.86. The van der Waals surface area contributed by atoms with Crippen molar-refractivity contribution in [2.45, 2.75) is 6.18 Å². The minimum Gasteiger partial charge on any atom is -0.354 e. The third-order valence-electron chi connectivity index (χ3n) is 5.19. The molecule has 0 radical (unpaired) electrons. The molecule has 0 saturated carbocycles. The number of hydrogen-bond donors (Lipinski definition) is 0. The minimum atomic E-state index is -4.55. The summed E-state index contributed by atoms with van der Waals surface area (Å²) >= 11 is 0. The summed E-state index contributed by atoms with van der Waals surface area (Å²) < 4.78 is 41.2. The Labute approximate surface area is 170 Å². The topological polar surface area (TPSA) is 58.4 Å². The number of benzene rings is 2. The van der Waals surface area contributed by atoms with E-state index in [4.69, 9.17) is 0 Å². The number of rotatable bonds is 3. The average molecular weight is 416 g/mol. The lowest BCUT2D eigenvalue weighted by molar-refractivity contribution is -0.137. The molecule has 6 nitrogen and oxygen atoms in total. The van der Waals surface area contributed by atoms with Gasteiger partial charge in [0, 0.05) is 32.6 Å². The summed E-state index contributed by atoms with van der Waals surface area (Å²) in [7, 11) is 3.33. The predicted octanol–water partition coefficient (Wildman–Crippen LogP) is 2.93. The Kier molecular flexibility index (Phi) is 4.76. The summed E-state index contributed by atoms with van der Waals surface area (Å²) in [6, 6.07) is 11.7. The molecule has 2 aromatic carbocycles. The van der Waals surface area contributed by atoms with Crippen LogP contribution in [-0.2, 0) is 11.0 Å². The summed E-state index contributed by atoms with van der Waals surface area (Å²) in [5.74, 6) is 0.0223. The predicted molar refractivity (Wildman–Crippen MR) is 107 cm³/mol. The number of halogens is 3. The lowest BCUT2D eigenvalue weighted by atomic mass is 9.98. The molecule has 0 aliphatic carbocycles. The van der Waals surface area contributed by atoms with E-state index in [1.54, 1.807) is 49.3 Å². The third kappa shape index (κ3) is 3.40. The molecule has 3 aromatic rings. The van der Waals surface area contributed by atoms with Gasteiger partial charge >= 0.3 is 11.9 Å². The van der Waals surface area contributed by atoms with Gasteiger partial charge in [-0.2, -0.15) is 18.2 Å². The van der Waals surface area contributed by atoms with Crippen molar-refractivity contribution in [2.75, 3.05) is 32.1 Å². The van der Waals surface area contributed by atoms with Crippen LogP contribution < -0.4 is 10.6 Å². The van der Waals surface area contributed by atoms with Crippen LogP contribution in [0.3, 0.4) is 0 Å². The number of aromatic nitrogens is 2. The van der Waals surface area contributed by atoms with Gasteiger partial charge in [0.15, 0.2) is 0 Å². The van der Waals surface area contributed by atoms with Crippen molar-refractivity contribution in [1.82, 2.24) is 14.5 Å². The molecule has 1 saturated heterocycles. The van der Waals surface area contributed by atoms with E-state index in [1.165, 1.54) is 15.5 Å². The number of para-hydroxylation sites is 1. The van der Waals surface area contributed by atoms with Crippen LogP contribution >= 0.6 is 0 Å². The lowest BCUT2D eigenvalue weighted by Crippen LogP contribution is -2.54. The summed E-state index contributed by atoms with van der Waals surface area (Å²) in [6.45, 7) is 0.712. The second-order valence-electron chi connectivity index (χ2n) is 7.45. The summed E-state index contributed by atoms with van der Waals surface area (Å²) in [4.78, 5) is 32.4. The average Bonchev–Trinajstić information content (AvgIpc) is 2.66. The molecular weight excluding hydrogens is 397 g/mol. The molecule has 0 N–H and O–H groups in total. The third-order valence-corrected chi connectivity index (χ3v) is 5.19. The molecule has 1 aliphatic rings. The van der Waals surface area contributed by atoms with Crippen LogP contribution in [0.1, 0.15) is 5.56 Å². The van der Waals surface area contributed by atoms with Gasteiger partial charge < -0.3 is 9.80 Å². The molecule has 30 heavy (non-hydrogen) atoms. The first-order chi connectivity index (χ1) is 14.2. The maximum absolute atomic E-state index is 13.3. The number of carbonyl (C=O) groups is 1. The van der Waals surface area contributed by atoms with Gasteiger partial charge in [-0.15, -0.1) is 0 Å². The molecule has 9 heteroatoms. The summed E-state index contributed by atoms with van der Waals surface area (Å²) in [6.07, 6.45) is -4.55. The molecule has 1 fully saturated rings. The fourth-order valence-electron chi connectivity index (χ4n) is 3.63. The highest BCUT2D eigenvalue weighted by molar-refractivity contribution is 5.92. The number of anilines is 1. The molecule has 0 spiro atoms. The second kappa shape index (κ2) is 7.16. The summed E-state index contributed by atoms with van der Waals surface area (Å²) in [5.41, 5.74) is -0.977. The Morgan fingerprint density at radius 3 is 2.37 bits per heavy atom. The van der Waals surface area contributed by atoms with Gasteiger partial charge in [0.1, 0.15) is 5.82 Å². The van der Waals surface area contributed by atoms with Gasteiger partial charge in [0.05, 0.1) is 22.7 Å². The van der Waals surface area contributed by atoms with Crippen LogP contribution in [0, 0.1) is 5.92 Å². The maximum Gasteiger partial charge on any atom is 0.416 e. The molecule has 156 valence electrons. The van der Waals surface area contributed by atoms with E-state index < -0.39 is 17.4 Å². The van der Waals surface area contributed by atoms with E-state index in [1.807, 2.05) is 0 Å². The number of amides is 1. The smallest absolute Gasteiger partial charge is 0.354 e. The van der Waals surface area contributed by atoms with E-state index in [0.29, 0.717) is 30.0 Å². The normalized spacial score (nSPS) is 14.6. The van der Waals surface area contributed by atoms with Gasteiger partial charge in [-0.3, -0.25) is 9.36 Å². The van der Waals surface area contributed by atoms with E-state index in [2.05, 4.69) is 4.98 Å². The number of nitrogens with zero attached hydrogens (tertiary/aromatic N) is 4. The Hall–Kier alpha value is -3.36. The van der Waals surface area contributed by atoms with E-state index in [0.717, 1.165) is 12.1 Å². The van der Waals surface area contributed by atoms with Crippen molar-refractivity contribution in [1.29, 1.82) is 0 Å². The van der Waals surface area contributed by atoms with Crippen molar-refractivity contribution in [3.63, 3.8) is 0 Å². The first-order valence-electron chi connectivity index (χ1n) is 9.32. The van der Waals surface area contributed by atoms with Crippen LogP contribution in [0.2, 0.25) is 0 Å². The van der Waals surface area contributed by atoms with Crippen molar-refractivity contribution >= 4 is 22.6 Å². The molecule has 0 atom stereocenters. The van der Waals surface area contributed by atoms with Crippen LogP contribution in [0.5, 0.6) is 0 Å². The molecule has 1 aliphatic heterocycles. The molecule has 4 rings (SSSR count). The van der Waals surface area contributed by atoms with Crippen molar-refractivity contribution in [2.24, 2.45) is 5.92 Å². The second-order valence-corrected chi connectivity index (χ2v) is 7.45. The first kappa shape index (κ1) is 19.9.